The van der Waals surface area contributed by atoms with Crippen LogP contribution in [-0.2, 0) is 19.1 Å². The van der Waals surface area contributed by atoms with Crippen LogP contribution in [0, 0.1) is 0 Å². The molecule has 0 spiro atoms. The number of benzene rings is 1. The number of hydrogen-bond acceptors (Lipinski definition) is 7. The minimum Gasteiger partial charge on any atom is -0.493 e. The number of rotatable bonds is 6. The van der Waals surface area contributed by atoms with Crippen molar-refractivity contribution in [1.82, 2.24) is 9.80 Å². The summed E-state index contributed by atoms with van der Waals surface area (Å²) in [6.45, 7) is 1.68. The predicted octanol–water partition coefficient (Wildman–Crippen LogP) is 2.00. The number of carbonyl (C=O) groups excluding carboxylic acids is 3. The van der Waals surface area contributed by atoms with E-state index >= 15 is 0 Å². The molecular formula is C18H19BrN2O6S. The van der Waals surface area contributed by atoms with Crippen LogP contribution in [0.5, 0.6) is 11.5 Å². The highest BCUT2D eigenvalue weighted by atomic mass is 79.9. The molecule has 28 heavy (non-hydrogen) atoms. The Morgan fingerprint density at radius 2 is 1.79 bits per heavy atom. The molecule has 0 N–H and O–H groups in total. The number of likely N-dealkylation sites (N-methyl/N-ethyl adjacent to an activating group) is 2. The fourth-order valence-electron chi connectivity index (χ4n) is 2.40. The van der Waals surface area contributed by atoms with E-state index in [-0.39, 0.29) is 23.9 Å². The van der Waals surface area contributed by atoms with Crippen molar-refractivity contribution in [3.8, 4) is 11.5 Å². The van der Waals surface area contributed by atoms with Crippen molar-refractivity contribution in [2.24, 2.45) is 0 Å². The normalized spacial score (nSPS) is 14.3. The molecule has 0 radical (unpaired) electrons. The molecule has 1 fully saturated rings. The Morgan fingerprint density at radius 1 is 1.18 bits per heavy atom. The number of halogens is 1. The zero-order chi connectivity index (χ0) is 21.0. The number of ether oxygens (including phenoxy) is 3. The third-order valence-electron chi connectivity index (χ3n) is 3.88. The van der Waals surface area contributed by atoms with Gasteiger partial charge in [-0.2, -0.15) is 0 Å². The third kappa shape index (κ3) is 4.50. The SMILES string of the molecule is CCOC(=O)COc1cc(Br)c(C=C2C(=O)N(C)C(=S)N(C)C2=O)cc1OC. The van der Waals surface area contributed by atoms with Crippen molar-refractivity contribution in [2.75, 3.05) is 34.4 Å². The minimum absolute atomic E-state index is 0.0402. The lowest BCUT2D eigenvalue weighted by Crippen LogP contribution is -2.52. The molecule has 0 unspecified atom stereocenters. The molecule has 1 aromatic rings. The van der Waals surface area contributed by atoms with Crippen LogP contribution in [0.3, 0.4) is 0 Å². The molecule has 2 amide bonds. The number of thiocarbonyl (C=S) groups is 1. The number of amides is 2. The highest BCUT2D eigenvalue weighted by molar-refractivity contribution is 9.10. The Morgan fingerprint density at radius 3 is 2.32 bits per heavy atom. The lowest BCUT2D eigenvalue weighted by Gasteiger charge is -2.31. The Labute approximate surface area is 176 Å². The van der Waals surface area contributed by atoms with Crippen LogP contribution in [0.1, 0.15) is 12.5 Å². The number of esters is 1. The summed E-state index contributed by atoms with van der Waals surface area (Å²) in [5.41, 5.74) is 0.480. The summed E-state index contributed by atoms with van der Waals surface area (Å²) in [7, 11) is 4.45. The molecule has 1 aliphatic heterocycles. The first-order chi connectivity index (χ1) is 13.2. The van der Waals surface area contributed by atoms with Crippen molar-refractivity contribution < 1.29 is 28.6 Å². The van der Waals surface area contributed by atoms with Gasteiger partial charge in [-0.15, -0.1) is 0 Å². The third-order valence-corrected chi connectivity index (χ3v) is 5.11. The maximum atomic E-state index is 12.5. The van der Waals surface area contributed by atoms with Crippen molar-refractivity contribution in [2.45, 2.75) is 6.92 Å². The van der Waals surface area contributed by atoms with Crippen LogP contribution in [-0.4, -0.2) is 67.1 Å². The van der Waals surface area contributed by atoms with Gasteiger partial charge in [-0.05, 0) is 42.9 Å². The number of nitrogens with zero attached hydrogens (tertiary/aromatic N) is 2. The fourth-order valence-corrected chi connectivity index (χ4v) is 3.01. The zero-order valence-corrected chi connectivity index (χ0v) is 18.2. The lowest BCUT2D eigenvalue weighted by atomic mass is 10.1. The predicted molar refractivity (Wildman–Crippen MR) is 109 cm³/mol. The summed E-state index contributed by atoms with van der Waals surface area (Å²) in [6, 6.07) is 3.17. The molecule has 1 heterocycles. The van der Waals surface area contributed by atoms with Crippen molar-refractivity contribution in [3.63, 3.8) is 0 Å². The summed E-state index contributed by atoms with van der Waals surface area (Å²) < 4.78 is 16.1. The van der Waals surface area contributed by atoms with E-state index < -0.39 is 17.8 Å². The number of carbonyl (C=O) groups is 3. The Kier molecular flexibility index (Phi) is 7.14. The highest BCUT2D eigenvalue weighted by Crippen LogP contribution is 2.35. The average Bonchev–Trinajstić information content (AvgIpc) is 2.67. The van der Waals surface area contributed by atoms with Gasteiger partial charge in [0.1, 0.15) is 5.57 Å². The molecule has 1 aromatic carbocycles. The van der Waals surface area contributed by atoms with Gasteiger partial charge >= 0.3 is 5.97 Å². The Balaban J connectivity index is 2.37. The first-order valence-corrected chi connectivity index (χ1v) is 9.39. The smallest absolute Gasteiger partial charge is 0.344 e. The Hall–Kier alpha value is -2.46. The molecular weight excluding hydrogens is 452 g/mol. The topological polar surface area (TPSA) is 85.4 Å². The van der Waals surface area contributed by atoms with Crippen LogP contribution >= 0.6 is 28.1 Å². The minimum atomic E-state index is -0.507. The molecule has 0 saturated carbocycles. The zero-order valence-electron chi connectivity index (χ0n) is 15.8. The molecule has 1 saturated heterocycles. The van der Waals surface area contributed by atoms with Crippen LogP contribution in [0.4, 0.5) is 0 Å². The first kappa shape index (κ1) is 21.8. The van der Waals surface area contributed by atoms with Gasteiger partial charge in [0.15, 0.2) is 23.2 Å². The van der Waals surface area contributed by atoms with E-state index in [0.717, 1.165) is 0 Å². The molecule has 0 aliphatic carbocycles. The summed E-state index contributed by atoms with van der Waals surface area (Å²) >= 11 is 8.46. The summed E-state index contributed by atoms with van der Waals surface area (Å²) in [4.78, 5) is 38.9. The maximum Gasteiger partial charge on any atom is 0.344 e. The standard InChI is InChI=1S/C18H19BrN2O6S/c1-5-26-15(22)9-27-14-8-12(19)10(7-13(14)25-4)6-11-16(23)20(2)18(28)21(3)17(11)24/h6-8H,5,9H2,1-4H3. The summed E-state index contributed by atoms with van der Waals surface area (Å²) in [5.74, 6) is -0.871. The quantitative estimate of drug-likeness (QED) is 0.272. The van der Waals surface area contributed by atoms with E-state index in [1.807, 2.05) is 0 Å². The molecule has 0 aromatic heterocycles. The number of hydrogen-bond donors (Lipinski definition) is 0. The summed E-state index contributed by atoms with van der Waals surface area (Å²) in [5, 5.41) is 0.131. The van der Waals surface area contributed by atoms with Gasteiger partial charge in [-0.3, -0.25) is 19.4 Å². The molecule has 0 bridgehead atoms. The van der Waals surface area contributed by atoms with Gasteiger partial charge in [0, 0.05) is 18.6 Å². The second kappa shape index (κ2) is 9.16. The second-order valence-corrected chi connectivity index (χ2v) is 6.91. The van der Waals surface area contributed by atoms with Crippen molar-refractivity contribution in [3.05, 3.63) is 27.7 Å². The van der Waals surface area contributed by atoms with Gasteiger partial charge in [-0.1, -0.05) is 15.9 Å². The highest BCUT2D eigenvalue weighted by Gasteiger charge is 2.35. The van der Waals surface area contributed by atoms with E-state index in [9.17, 15) is 14.4 Å². The molecule has 10 heteroatoms. The Bertz CT molecular complexity index is 844. The van der Waals surface area contributed by atoms with Gasteiger partial charge in [-0.25, -0.2) is 4.79 Å². The van der Waals surface area contributed by atoms with Gasteiger partial charge in [0.05, 0.1) is 13.7 Å². The monoisotopic (exact) mass is 470 g/mol. The van der Waals surface area contributed by atoms with E-state index in [2.05, 4.69) is 15.9 Å². The average molecular weight is 471 g/mol. The largest absolute Gasteiger partial charge is 0.493 e. The van der Waals surface area contributed by atoms with Crippen LogP contribution in [0.15, 0.2) is 22.2 Å². The first-order valence-electron chi connectivity index (χ1n) is 8.19. The molecule has 8 nitrogen and oxygen atoms in total. The van der Waals surface area contributed by atoms with E-state index in [4.69, 9.17) is 26.4 Å². The number of methoxy groups -OCH3 is 1. The van der Waals surface area contributed by atoms with E-state index in [1.54, 1.807) is 19.1 Å². The molecule has 1 aliphatic rings. The van der Waals surface area contributed by atoms with Crippen molar-refractivity contribution >= 4 is 57.1 Å². The fraction of sp³-hybridized carbons (Fsp3) is 0.333. The molecule has 0 atom stereocenters. The van der Waals surface area contributed by atoms with Gasteiger partial charge in [0.2, 0.25) is 0 Å². The van der Waals surface area contributed by atoms with Crippen LogP contribution < -0.4 is 9.47 Å². The van der Waals surface area contributed by atoms with Crippen LogP contribution in [0.2, 0.25) is 0 Å². The van der Waals surface area contributed by atoms with E-state index in [0.29, 0.717) is 21.5 Å². The lowest BCUT2D eigenvalue weighted by molar-refractivity contribution is -0.145. The maximum absolute atomic E-state index is 12.5. The summed E-state index contributed by atoms with van der Waals surface area (Å²) in [6.07, 6.45) is 1.45. The molecule has 150 valence electrons. The van der Waals surface area contributed by atoms with Gasteiger partial charge < -0.3 is 14.2 Å². The van der Waals surface area contributed by atoms with Crippen LogP contribution in [0.25, 0.3) is 6.08 Å². The van der Waals surface area contributed by atoms with E-state index in [1.165, 1.54) is 37.1 Å². The van der Waals surface area contributed by atoms with Crippen molar-refractivity contribution in [1.29, 1.82) is 0 Å². The molecule has 2 rings (SSSR count). The van der Waals surface area contributed by atoms with Gasteiger partial charge in [0.25, 0.3) is 11.8 Å². The second-order valence-electron chi connectivity index (χ2n) is 5.69.